The third-order valence-corrected chi connectivity index (χ3v) is 3.51. The van der Waals surface area contributed by atoms with Crippen molar-refractivity contribution in [1.29, 1.82) is 0 Å². The molecule has 20 heavy (non-hydrogen) atoms. The van der Waals surface area contributed by atoms with Crippen LogP contribution in [0, 0.1) is 0 Å². The van der Waals surface area contributed by atoms with Crippen LogP contribution >= 0.6 is 11.3 Å². The van der Waals surface area contributed by atoms with Crippen LogP contribution < -0.4 is 10.5 Å². The minimum atomic E-state index is -0.468. The van der Waals surface area contributed by atoms with Gasteiger partial charge in [0.25, 0.3) is 5.89 Å². The molecule has 0 N–H and O–H groups in total. The molecule has 5 nitrogen and oxygen atoms in total. The van der Waals surface area contributed by atoms with Gasteiger partial charge in [-0.3, -0.25) is 0 Å². The highest BCUT2D eigenvalue weighted by atomic mass is 32.1. The number of para-hydroxylation sites is 1. The smallest absolute Gasteiger partial charge is 0.437 e. The molecule has 102 valence electrons. The van der Waals surface area contributed by atoms with E-state index in [1.54, 1.807) is 0 Å². The van der Waals surface area contributed by atoms with Gasteiger partial charge in [0.2, 0.25) is 0 Å². The number of hydrogen-bond donors (Lipinski definition) is 0. The molecule has 0 atom stereocenters. The third-order valence-electron chi connectivity index (χ3n) is 2.65. The van der Waals surface area contributed by atoms with E-state index in [1.807, 2.05) is 47.8 Å². The molecule has 0 bridgehead atoms. The first kappa shape index (κ1) is 12.7. The average molecular weight is 288 g/mol. The van der Waals surface area contributed by atoms with Crippen molar-refractivity contribution in [3.05, 3.63) is 58.4 Å². The van der Waals surface area contributed by atoms with Crippen LogP contribution in [-0.4, -0.2) is 16.4 Å². The molecule has 0 saturated heterocycles. The molecular weight excluding hydrogens is 276 g/mol. The molecule has 0 spiro atoms. The van der Waals surface area contributed by atoms with Crippen LogP contribution in [0.3, 0.4) is 0 Å². The van der Waals surface area contributed by atoms with Crippen molar-refractivity contribution in [1.82, 2.24) is 9.78 Å². The van der Waals surface area contributed by atoms with Gasteiger partial charge in [0.15, 0.2) is 0 Å². The zero-order valence-electron chi connectivity index (χ0n) is 10.6. The van der Waals surface area contributed by atoms with E-state index < -0.39 is 5.76 Å². The maximum Gasteiger partial charge on any atom is 0.437 e. The number of benzene rings is 1. The Balaban J connectivity index is 1.65. The second-order valence-corrected chi connectivity index (χ2v) is 4.98. The van der Waals surface area contributed by atoms with Gasteiger partial charge in [-0.2, -0.15) is 4.68 Å². The molecule has 6 heteroatoms. The van der Waals surface area contributed by atoms with Crippen molar-refractivity contribution in [3.63, 3.8) is 0 Å². The first-order chi connectivity index (χ1) is 9.83. The Morgan fingerprint density at radius 2 is 2.05 bits per heavy atom. The van der Waals surface area contributed by atoms with Gasteiger partial charge in [-0.25, -0.2) is 4.79 Å². The molecule has 1 aromatic carbocycles. The van der Waals surface area contributed by atoms with E-state index in [0.29, 0.717) is 19.0 Å². The van der Waals surface area contributed by atoms with Crippen LogP contribution in [0.15, 0.2) is 57.1 Å². The van der Waals surface area contributed by atoms with Gasteiger partial charge >= 0.3 is 5.76 Å². The molecule has 2 heterocycles. The van der Waals surface area contributed by atoms with E-state index in [1.165, 1.54) is 16.0 Å². The van der Waals surface area contributed by atoms with Crippen molar-refractivity contribution in [2.24, 2.45) is 0 Å². The maximum absolute atomic E-state index is 11.7. The topological polar surface area (TPSA) is 57.3 Å². The molecule has 0 saturated carbocycles. The summed E-state index contributed by atoms with van der Waals surface area (Å²) in [7, 11) is 0. The predicted octanol–water partition coefficient (Wildman–Crippen LogP) is 2.64. The van der Waals surface area contributed by atoms with Gasteiger partial charge in [-0.1, -0.05) is 24.3 Å². The van der Waals surface area contributed by atoms with Crippen molar-refractivity contribution in [2.45, 2.75) is 6.54 Å². The number of nitrogens with zero attached hydrogens (tertiary/aromatic N) is 2. The zero-order valence-corrected chi connectivity index (χ0v) is 11.4. The Labute approximate surface area is 119 Å². The highest BCUT2D eigenvalue weighted by Crippen LogP contribution is 2.20. The van der Waals surface area contributed by atoms with Crippen LogP contribution in [0.1, 0.15) is 0 Å². The Hall–Kier alpha value is -2.34. The molecule has 3 aromatic rings. The monoisotopic (exact) mass is 288 g/mol. The molecule has 3 rings (SSSR count). The summed E-state index contributed by atoms with van der Waals surface area (Å²) in [6.45, 7) is 0.711. The van der Waals surface area contributed by atoms with Gasteiger partial charge in [0.1, 0.15) is 12.4 Å². The Bertz CT molecular complexity index is 716. The summed E-state index contributed by atoms with van der Waals surface area (Å²) < 4.78 is 11.9. The Morgan fingerprint density at radius 3 is 2.80 bits per heavy atom. The van der Waals surface area contributed by atoms with Gasteiger partial charge in [0.05, 0.1) is 11.4 Å². The Kier molecular flexibility index (Phi) is 3.64. The second kappa shape index (κ2) is 5.75. The van der Waals surface area contributed by atoms with Crippen molar-refractivity contribution in [3.8, 4) is 16.5 Å². The van der Waals surface area contributed by atoms with Gasteiger partial charge in [0, 0.05) is 0 Å². The first-order valence-corrected chi connectivity index (χ1v) is 7.00. The summed E-state index contributed by atoms with van der Waals surface area (Å²) in [6, 6.07) is 13.2. The predicted molar refractivity (Wildman–Crippen MR) is 76.0 cm³/mol. The SMILES string of the molecule is O=c1oc(-c2cccs2)nn1CCOc1ccccc1. The quantitative estimate of drug-likeness (QED) is 0.724. The lowest BCUT2D eigenvalue weighted by atomic mass is 10.3. The summed E-state index contributed by atoms with van der Waals surface area (Å²) in [4.78, 5) is 12.5. The maximum atomic E-state index is 11.7. The van der Waals surface area contributed by atoms with E-state index in [9.17, 15) is 4.79 Å². The van der Waals surface area contributed by atoms with E-state index in [0.717, 1.165) is 10.6 Å². The second-order valence-electron chi connectivity index (χ2n) is 4.04. The van der Waals surface area contributed by atoms with Gasteiger partial charge in [-0.15, -0.1) is 16.4 Å². The highest BCUT2D eigenvalue weighted by molar-refractivity contribution is 7.13. The Morgan fingerprint density at radius 1 is 1.20 bits per heavy atom. The molecule has 0 aliphatic heterocycles. The van der Waals surface area contributed by atoms with Crippen LogP contribution in [0.5, 0.6) is 5.75 Å². The average Bonchev–Trinajstić information content (AvgIpc) is 3.10. The number of rotatable bonds is 5. The van der Waals surface area contributed by atoms with Crippen LogP contribution in [0.4, 0.5) is 0 Å². The summed E-state index contributed by atoms with van der Waals surface area (Å²) in [5, 5.41) is 6.06. The fraction of sp³-hybridized carbons (Fsp3) is 0.143. The third kappa shape index (κ3) is 2.80. The lowest BCUT2D eigenvalue weighted by Crippen LogP contribution is -2.20. The van der Waals surface area contributed by atoms with Crippen molar-refractivity contribution in [2.75, 3.05) is 6.61 Å². The minimum absolute atomic E-state index is 0.350. The number of thiophene rings is 1. The fourth-order valence-corrected chi connectivity index (χ4v) is 2.36. The van der Waals surface area contributed by atoms with Crippen LogP contribution in [0.25, 0.3) is 10.8 Å². The normalized spacial score (nSPS) is 10.6. The van der Waals surface area contributed by atoms with Gasteiger partial charge in [-0.05, 0) is 23.6 Å². The van der Waals surface area contributed by atoms with Crippen molar-refractivity contribution >= 4 is 11.3 Å². The standard InChI is InChI=1S/C14H12N2O3S/c17-14-16(8-9-18-11-5-2-1-3-6-11)15-13(19-14)12-7-4-10-20-12/h1-7,10H,8-9H2. The molecule has 0 aliphatic carbocycles. The van der Waals surface area contributed by atoms with E-state index in [-0.39, 0.29) is 0 Å². The molecule has 0 amide bonds. The molecule has 0 unspecified atom stereocenters. The minimum Gasteiger partial charge on any atom is -0.492 e. The number of aromatic nitrogens is 2. The lowest BCUT2D eigenvalue weighted by molar-refractivity contribution is 0.285. The fourth-order valence-electron chi connectivity index (χ4n) is 1.71. The summed E-state index contributed by atoms with van der Waals surface area (Å²) >= 11 is 1.48. The highest BCUT2D eigenvalue weighted by Gasteiger charge is 2.10. The molecule has 0 radical (unpaired) electrons. The molecule has 0 aliphatic rings. The van der Waals surface area contributed by atoms with E-state index in [2.05, 4.69) is 5.10 Å². The van der Waals surface area contributed by atoms with Gasteiger partial charge < -0.3 is 9.15 Å². The summed E-state index contributed by atoms with van der Waals surface area (Å²) in [5.74, 6) is 0.650. The molecule has 2 aromatic heterocycles. The summed E-state index contributed by atoms with van der Waals surface area (Å²) in [5.41, 5.74) is 0. The zero-order chi connectivity index (χ0) is 13.8. The summed E-state index contributed by atoms with van der Waals surface area (Å²) in [6.07, 6.45) is 0. The van der Waals surface area contributed by atoms with E-state index >= 15 is 0 Å². The van der Waals surface area contributed by atoms with Crippen LogP contribution in [-0.2, 0) is 6.54 Å². The number of hydrogen-bond acceptors (Lipinski definition) is 5. The van der Waals surface area contributed by atoms with Crippen LogP contribution in [0.2, 0.25) is 0 Å². The lowest BCUT2D eigenvalue weighted by Gasteiger charge is -2.04. The molecular formula is C14H12N2O3S. The van der Waals surface area contributed by atoms with Crippen molar-refractivity contribution < 1.29 is 9.15 Å². The molecule has 0 fully saturated rings. The largest absolute Gasteiger partial charge is 0.492 e. The first-order valence-electron chi connectivity index (χ1n) is 6.12. The number of ether oxygens (including phenoxy) is 1. The van der Waals surface area contributed by atoms with E-state index in [4.69, 9.17) is 9.15 Å².